The third kappa shape index (κ3) is 4.95. The maximum Gasteiger partial charge on any atom is 0.302 e. The Hall–Kier alpha value is -4.09. The summed E-state index contributed by atoms with van der Waals surface area (Å²) in [6.07, 6.45) is 1.47. The minimum absolute atomic E-state index is 0.00541. The molecule has 0 bridgehead atoms. The fourth-order valence-corrected chi connectivity index (χ4v) is 4.07. The van der Waals surface area contributed by atoms with Crippen LogP contribution in [-0.4, -0.2) is 29.1 Å². The second-order valence-electron chi connectivity index (χ2n) is 7.05. The molecule has 2 aromatic carbocycles. The van der Waals surface area contributed by atoms with E-state index >= 15 is 0 Å². The Morgan fingerprint density at radius 1 is 1.03 bits per heavy atom. The van der Waals surface area contributed by atoms with Crippen LogP contribution in [-0.2, 0) is 10.0 Å². The van der Waals surface area contributed by atoms with Crippen LogP contribution < -0.4 is 10.3 Å². The summed E-state index contributed by atoms with van der Waals surface area (Å²) in [6, 6.07) is 16.6. The van der Waals surface area contributed by atoms with E-state index in [4.69, 9.17) is 11.6 Å². The van der Waals surface area contributed by atoms with Crippen molar-refractivity contribution in [3.63, 3.8) is 0 Å². The molecule has 0 radical (unpaired) electrons. The second kappa shape index (κ2) is 9.41. The summed E-state index contributed by atoms with van der Waals surface area (Å²) in [6.45, 7) is 1.58. The van der Waals surface area contributed by atoms with Crippen LogP contribution in [0, 0.1) is 6.92 Å². The number of aromatic amines is 1. The number of aromatic nitrogens is 3. The topological polar surface area (TPSA) is 139 Å². The first kappa shape index (κ1) is 23.1. The van der Waals surface area contributed by atoms with Gasteiger partial charge in [-0.05, 0) is 67.6 Å². The predicted molar refractivity (Wildman–Crippen MR) is 127 cm³/mol. The second-order valence-corrected chi connectivity index (χ2v) is 9.17. The summed E-state index contributed by atoms with van der Waals surface area (Å²) in [5, 5.41) is 11.1. The highest BCUT2D eigenvalue weighted by molar-refractivity contribution is 7.92. The van der Waals surface area contributed by atoms with Gasteiger partial charge < -0.3 is 0 Å². The molecule has 0 fully saturated rings. The van der Waals surface area contributed by atoms with Gasteiger partial charge in [-0.25, -0.2) is 13.4 Å². The molecule has 34 heavy (non-hydrogen) atoms. The SMILES string of the molecule is Cc1[nH]n(C(=O)c2ccc(Cl)cc2)c(=O)c1N=Nc1ccc(S(=O)(=O)Nc2ccccn2)cc1. The van der Waals surface area contributed by atoms with E-state index in [2.05, 4.69) is 25.0 Å². The van der Waals surface area contributed by atoms with Crippen molar-refractivity contribution < 1.29 is 13.2 Å². The number of rotatable bonds is 6. The van der Waals surface area contributed by atoms with Crippen LogP contribution in [0.3, 0.4) is 0 Å². The summed E-state index contributed by atoms with van der Waals surface area (Å²) in [5.41, 5.74) is 0.213. The van der Waals surface area contributed by atoms with Gasteiger partial charge in [-0.1, -0.05) is 17.7 Å². The van der Waals surface area contributed by atoms with Gasteiger partial charge in [0.2, 0.25) is 0 Å². The average molecular weight is 497 g/mol. The number of nitrogens with one attached hydrogen (secondary N) is 2. The molecule has 0 aliphatic carbocycles. The molecule has 2 aromatic heterocycles. The Bertz CT molecular complexity index is 1530. The third-order valence-corrected chi connectivity index (χ3v) is 6.27. The van der Waals surface area contributed by atoms with Crippen molar-refractivity contribution in [3.05, 3.63) is 99.6 Å². The van der Waals surface area contributed by atoms with Gasteiger partial charge in [0.25, 0.3) is 15.9 Å². The van der Waals surface area contributed by atoms with Gasteiger partial charge in [0.05, 0.1) is 16.3 Å². The van der Waals surface area contributed by atoms with Crippen molar-refractivity contribution in [2.24, 2.45) is 10.2 Å². The maximum atomic E-state index is 12.7. The van der Waals surface area contributed by atoms with Gasteiger partial charge in [0.1, 0.15) is 5.82 Å². The molecule has 0 aliphatic heterocycles. The van der Waals surface area contributed by atoms with Gasteiger partial charge in [0, 0.05) is 16.8 Å². The normalized spacial score (nSPS) is 11.6. The monoisotopic (exact) mass is 496 g/mol. The van der Waals surface area contributed by atoms with E-state index < -0.39 is 21.5 Å². The van der Waals surface area contributed by atoms with Crippen molar-refractivity contribution in [2.75, 3.05) is 4.72 Å². The number of azo groups is 1. The molecule has 2 heterocycles. The van der Waals surface area contributed by atoms with Gasteiger partial charge in [-0.15, -0.1) is 5.11 Å². The molecule has 10 nitrogen and oxygen atoms in total. The number of H-pyrrole nitrogens is 1. The molecular weight excluding hydrogens is 480 g/mol. The Kier molecular flexibility index (Phi) is 6.39. The lowest BCUT2D eigenvalue weighted by atomic mass is 10.2. The summed E-state index contributed by atoms with van der Waals surface area (Å²) >= 11 is 5.84. The van der Waals surface area contributed by atoms with Crippen molar-refractivity contribution in [2.45, 2.75) is 11.8 Å². The van der Waals surface area contributed by atoms with E-state index in [0.29, 0.717) is 16.4 Å². The number of aryl methyl sites for hydroxylation is 1. The van der Waals surface area contributed by atoms with E-state index in [9.17, 15) is 18.0 Å². The van der Waals surface area contributed by atoms with Crippen molar-refractivity contribution >= 4 is 44.7 Å². The van der Waals surface area contributed by atoms with E-state index in [1.807, 2.05) is 0 Å². The van der Waals surface area contributed by atoms with Crippen LogP contribution in [0.1, 0.15) is 16.1 Å². The van der Waals surface area contributed by atoms with E-state index in [1.165, 1.54) is 48.7 Å². The maximum absolute atomic E-state index is 12.7. The number of pyridine rings is 1. The summed E-state index contributed by atoms with van der Waals surface area (Å²) in [4.78, 5) is 29.3. The van der Waals surface area contributed by atoms with Crippen LogP contribution in [0.2, 0.25) is 5.02 Å². The van der Waals surface area contributed by atoms with Crippen LogP contribution >= 0.6 is 11.6 Å². The molecule has 172 valence electrons. The first-order valence-corrected chi connectivity index (χ1v) is 11.7. The average Bonchev–Trinajstić information content (AvgIpc) is 3.11. The minimum atomic E-state index is -3.83. The summed E-state index contributed by atoms with van der Waals surface area (Å²) < 4.78 is 28.2. The Labute approximate surface area is 199 Å². The smallest absolute Gasteiger partial charge is 0.290 e. The number of nitrogens with zero attached hydrogens (tertiary/aromatic N) is 4. The molecule has 0 aliphatic rings. The summed E-state index contributed by atoms with van der Waals surface area (Å²) in [7, 11) is -3.83. The number of anilines is 1. The van der Waals surface area contributed by atoms with Crippen LogP contribution in [0.5, 0.6) is 0 Å². The van der Waals surface area contributed by atoms with Crippen LogP contribution in [0.4, 0.5) is 17.2 Å². The van der Waals surface area contributed by atoms with Crippen molar-refractivity contribution in [3.8, 4) is 0 Å². The Morgan fingerprint density at radius 3 is 2.38 bits per heavy atom. The summed E-state index contributed by atoms with van der Waals surface area (Å²) in [5.74, 6) is -0.375. The van der Waals surface area contributed by atoms with Crippen LogP contribution in [0.15, 0.2) is 92.8 Å². The fourth-order valence-electron chi connectivity index (χ4n) is 2.94. The molecular formula is C22H17ClN6O4S. The molecule has 2 N–H and O–H groups in total. The first-order chi connectivity index (χ1) is 16.2. The molecule has 4 rings (SSSR count). The predicted octanol–water partition coefficient (Wildman–Crippen LogP) is 4.44. The lowest BCUT2D eigenvalue weighted by Gasteiger charge is -2.06. The fraction of sp³-hybridized carbons (Fsp3) is 0.0455. The standard InChI is InChI=1S/C22H17ClN6O4S/c1-14-20(22(31)29(27-14)21(30)15-5-7-16(23)8-6-15)26-25-17-9-11-18(12-10-17)34(32,33)28-19-4-2-3-13-24-19/h2-13,27H,1H3,(H,24,28). The number of sulfonamides is 1. The van der Waals surface area contributed by atoms with E-state index in [1.54, 1.807) is 31.2 Å². The van der Waals surface area contributed by atoms with E-state index in [-0.39, 0.29) is 22.0 Å². The van der Waals surface area contributed by atoms with Crippen molar-refractivity contribution in [1.82, 2.24) is 14.8 Å². The molecule has 0 saturated carbocycles. The number of carbonyl (C=O) groups excluding carboxylic acids is 1. The first-order valence-electron chi connectivity index (χ1n) is 9.82. The van der Waals surface area contributed by atoms with Gasteiger partial charge in [-0.3, -0.25) is 19.4 Å². The lowest BCUT2D eigenvalue weighted by Crippen LogP contribution is -2.25. The largest absolute Gasteiger partial charge is 0.302 e. The molecule has 0 saturated heterocycles. The van der Waals surface area contributed by atoms with Crippen molar-refractivity contribution in [1.29, 1.82) is 0 Å². The molecule has 0 atom stereocenters. The lowest BCUT2D eigenvalue weighted by molar-refractivity contribution is 0.0941. The highest BCUT2D eigenvalue weighted by Gasteiger charge is 2.18. The Balaban J connectivity index is 1.53. The number of hydrogen-bond acceptors (Lipinski definition) is 7. The number of hydrogen-bond donors (Lipinski definition) is 2. The molecule has 0 unspecified atom stereocenters. The molecule has 0 spiro atoms. The zero-order valence-electron chi connectivity index (χ0n) is 17.6. The van der Waals surface area contributed by atoms with Gasteiger partial charge in [-0.2, -0.15) is 9.80 Å². The molecule has 0 amide bonds. The zero-order chi connectivity index (χ0) is 24.3. The zero-order valence-corrected chi connectivity index (χ0v) is 19.2. The van der Waals surface area contributed by atoms with Crippen LogP contribution in [0.25, 0.3) is 0 Å². The number of halogens is 1. The van der Waals surface area contributed by atoms with Gasteiger partial charge >= 0.3 is 5.56 Å². The molecule has 4 aromatic rings. The number of carbonyl (C=O) groups is 1. The number of benzene rings is 2. The molecule has 12 heteroatoms. The highest BCUT2D eigenvalue weighted by atomic mass is 35.5. The van der Waals surface area contributed by atoms with Gasteiger partial charge in [0.15, 0.2) is 5.69 Å². The minimum Gasteiger partial charge on any atom is -0.290 e. The third-order valence-electron chi connectivity index (χ3n) is 4.65. The van der Waals surface area contributed by atoms with E-state index in [0.717, 1.165) is 4.68 Å². The quantitative estimate of drug-likeness (QED) is 0.380. The highest BCUT2D eigenvalue weighted by Crippen LogP contribution is 2.21. The Morgan fingerprint density at radius 2 is 1.74 bits per heavy atom.